The molecule has 0 atom stereocenters. The van der Waals surface area contributed by atoms with Crippen LogP contribution < -0.4 is 5.50 Å². The molecule has 0 fully saturated rings. The van der Waals surface area contributed by atoms with Gasteiger partial charge in [-0.15, -0.1) is 5.50 Å². The van der Waals surface area contributed by atoms with E-state index in [9.17, 15) is 14.2 Å². The Morgan fingerprint density at radius 3 is 1.52 bits per heavy atom. The molecule has 0 unspecified atom stereocenters. The van der Waals surface area contributed by atoms with Gasteiger partial charge >= 0.3 is 20.1 Å². The van der Waals surface area contributed by atoms with Crippen molar-refractivity contribution in [2.45, 2.75) is 26.7 Å². The molecular formula is C12H23NO9P. The second kappa shape index (κ2) is 13.1. The molecule has 0 spiro atoms. The van der Waals surface area contributed by atoms with Crippen molar-refractivity contribution < 1.29 is 42.1 Å². The molecule has 1 radical (unpaired) electrons. The van der Waals surface area contributed by atoms with Gasteiger partial charge in [0.2, 0.25) is 0 Å². The van der Waals surface area contributed by atoms with Crippen LogP contribution in [0.3, 0.4) is 0 Å². The first-order chi connectivity index (χ1) is 10.9. The largest absolute Gasteiger partial charge is 0.508 e. The number of rotatable bonds is 12. The molecule has 0 heterocycles. The number of carbonyl (C=O) groups excluding carboxylic acids is 2. The summed E-state index contributed by atoms with van der Waals surface area (Å²) in [5.74, 6) is 0. The number of hydrogen-bond donors (Lipinski definition) is 0. The molecule has 0 aromatic rings. The predicted octanol–water partition coefficient (Wildman–Crippen LogP) is 2.54. The second-order valence-corrected chi connectivity index (χ2v) is 5.45. The fourth-order valence-electron chi connectivity index (χ4n) is 1.15. The number of hydrogen-bond acceptors (Lipinski definition) is 9. The van der Waals surface area contributed by atoms with Crippen molar-refractivity contribution in [3.8, 4) is 0 Å². The summed E-state index contributed by atoms with van der Waals surface area (Å²) in [6.45, 7) is 3.62. The van der Waals surface area contributed by atoms with Gasteiger partial charge in [0.05, 0.1) is 39.6 Å². The van der Waals surface area contributed by atoms with E-state index in [1.807, 2.05) is 0 Å². The topological polar surface area (TPSA) is 130 Å². The minimum Gasteiger partial charge on any atom is -0.435 e. The van der Waals surface area contributed by atoms with Crippen LogP contribution in [0.4, 0.5) is 9.59 Å². The highest BCUT2D eigenvalue weighted by molar-refractivity contribution is 7.50. The maximum absolute atomic E-state index is 11.6. The Labute approximate surface area is 135 Å². The molecule has 0 bridgehead atoms. The lowest BCUT2D eigenvalue weighted by molar-refractivity contribution is 0.0542. The van der Waals surface area contributed by atoms with Crippen LogP contribution in [-0.4, -0.2) is 52.0 Å². The predicted molar refractivity (Wildman–Crippen MR) is 77.8 cm³/mol. The normalized spacial score (nSPS) is 10.9. The molecule has 11 heteroatoms. The van der Waals surface area contributed by atoms with Crippen LogP contribution in [0.25, 0.3) is 0 Å². The maximum Gasteiger partial charge on any atom is 0.508 e. The third kappa shape index (κ3) is 14.0. The summed E-state index contributed by atoms with van der Waals surface area (Å²) in [7, 11) is -3.94. The van der Waals surface area contributed by atoms with Gasteiger partial charge in [-0.25, -0.2) is 14.2 Å². The van der Waals surface area contributed by atoms with Crippen LogP contribution in [-0.2, 0) is 32.6 Å². The highest BCUT2D eigenvalue weighted by Crippen LogP contribution is 2.41. The minimum absolute atomic E-state index is 0.0201. The van der Waals surface area contributed by atoms with E-state index in [4.69, 9.17) is 14.6 Å². The summed E-state index contributed by atoms with van der Waals surface area (Å²) in [4.78, 5) is 21.7. The highest BCUT2D eigenvalue weighted by atomic mass is 31.2. The Balaban J connectivity index is 3.59. The van der Waals surface area contributed by atoms with Crippen molar-refractivity contribution in [3.05, 3.63) is 0 Å². The van der Waals surface area contributed by atoms with Gasteiger partial charge in [0.15, 0.2) is 0 Å². The Hall–Kier alpha value is -1.35. The van der Waals surface area contributed by atoms with Crippen molar-refractivity contribution >= 4 is 20.1 Å². The van der Waals surface area contributed by atoms with Gasteiger partial charge in [0, 0.05) is 12.8 Å². The lowest BCUT2D eigenvalue weighted by Crippen LogP contribution is -2.10. The summed E-state index contributed by atoms with van der Waals surface area (Å²) in [6, 6.07) is 0. The van der Waals surface area contributed by atoms with Gasteiger partial charge in [-0.3, -0.25) is 9.05 Å². The van der Waals surface area contributed by atoms with Crippen molar-refractivity contribution in [3.63, 3.8) is 0 Å². The van der Waals surface area contributed by atoms with Crippen molar-refractivity contribution in [2.75, 3.05) is 39.6 Å². The van der Waals surface area contributed by atoms with Gasteiger partial charge in [-0.2, -0.15) is 0 Å². The first-order valence-electron chi connectivity index (χ1n) is 7.14. The van der Waals surface area contributed by atoms with E-state index in [1.54, 1.807) is 13.8 Å². The first kappa shape index (κ1) is 21.6. The average Bonchev–Trinajstić information content (AvgIpc) is 2.47. The van der Waals surface area contributed by atoms with E-state index in [0.29, 0.717) is 0 Å². The summed E-state index contributed by atoms with van der Waals surface area (Å²) >= 11 is 0. The molecule has 0 aliphatic carbocycles. The number of nitrogens with one attached hydrogen (secondary N) is 1. The van der Waals surface area contributed by atoms with Crippen LogP contribution in [0.1, 0.15) is 26.7 Å². The average molecular weight is 356 g/mol. The zero-order valence-corrected chi connectivity index (χ0v) is 14.2. The highest BCUT2D eigenvalue weighted by Gasteiger charge is 2.19. The molecular weight excluding hydrogens is 333 g/mol. The van der Waals surface area contributed by atoms with Crippen LogP contribution in [0, 0.1) is 0 Å². The zero-order valence-electron chi connectivity index (χ0n) is 13.3. The molecule has 0 saturated heterocycles. The van der Waals surface area contributed by atoms with E-state index in [1.165, 1.54) is 0 Å². The molecule has 23 heavy (non-hydrogen) atoms. The second-order valence-electron chi connectivity index (χ2n) is 3.93. The Morgan fingerprint density at radius 1 is 0.783 bits per heavy atom. The molecule has 0 aliphatic heterocycles. The first-order valence-corrected chi connectivity index (χ1v) is 8.68. The quantitative estimate of drug-likeness (QED) is 0.294. The Morgan fingerprint density at radius 2 is 1.17 bits per heavy atom. The molecule has 0 aromatic carbocycles. The molecule has 10 nitrogen and oxygen atoms in total. The minimum atomic E-state index is -3.94. The molecule has 0 amide bonds. The molecule has 0 saturated carbocycles. The summed E-state index contributed by atoms with van der Waals surface area (Å²) in [6.07, 6.45) is -1.09. The van der Waals surface area contributed by atoms with Crippen LogP contribution in [0.15, 0.2) is 0 Å². The van der Waals surface area contributed by atoms with Gasteiger partial charge in [0.1, 0.15) is 0 Å². The van der Waals surface area contributed by atoms with E-state index < -0.39 is 20.1 Å². The molecule has 1 N–H and O–H groups in total. The molecule has 135 valence electrons. The van der Waals surface area contributed by atoms with Crippen LogP contribution in [0.2, 0.25) is 0 Å². The molecule has 0 aromatic heterocycles. The standard InChI is InChI=1S/C12H23NO9P/c1-3-17-11(14)19-7-5-9-21-23(13,16)22-10-6-8-20-12(15)18-4-2/h13H,3-10H2,1-2H3. The fraction of sp³-hybridized carbons (Fsp3) is 0.833. The van der Waals surface area contributed by atoms with Gasteiger partial charge in [-0.1, -0.05) is 0 Å². The van der Waals surface area contributed by atoms with E-state index >= 15 is 0 Å². The van der Waals surface area contributed by atoms with Crippen LogP contribution in [0.5, 0.6) is 0 Å². The maximum atomic E-state index is 11.6. The number of carbonyl (C=O) groups is 2. The lowest BCUT2D eigenvalue weighted by Gasteiger charge is -2.12. The molecule has 0 rings (SSSR count). The molecule has 0 aliphatic rings. The van der Waals surface area contributed by atoms with Crippen molar-refractivity contribution in [1.29, 1.82) is 0 Å². The van der Waals surface area contributed by atoms with Crippen molar-refractivity contribution in [1.82, 2.24) is 5.50 Å². The third-order valence-electron chi connectivity index (χ3n) is 2.06. The summed E-state index contributed by atoms with van der Waals surface area (Å²) in [5, 5.41) is 0. The Kier molecular flexibility index (Phi) is 12.4. The van der Waals surface area contributed by atoms with E-state index in [0.717, 1.165) is 0 Å². The zero-order chi connectivity index (χ0) is 17.6. The Bertz CT molecular complexity index is 359. The smallest absolute Gasteiger partial charge is 0.435 e. The van der Waals surface area contributed by atoms with E-state index in [2.05, 4.69) is 18.9 Å². The summed E-state index contributed by atoms with van der Waals surface area (Å²) < 4.78 is 39.5. The van der Waals surface area contributed by atoms with Gasteiger partial charge < -0.3 is 18.9 Å². The summed E-state index contributed by atoms with van der Waals surface area (Å²) in [5.41, 5.74) is 7.34. The fourth-order valence-corrected chi connectivity index (χ4v) is 1.97. The lowest BCUT2D eigenvalue weighted by atomic mass is 10.5. The van der Waals surface area contributed by atoms with Gasteiger partial charge in [-0.05, 0) is 13.8 Å². The van der Waals surface area contributed by atoms with Gasteiger partial charge in [0.25, 0.3) is 0 Å². The SMILES string of the molecule is CCOC(=O)OCCCOP([NH])(=O)OCCCOC(=O)OCC. The monoisotopic (exact) mass is 356 g/mol. The van der Waals surface area contributed by atoms with E-state index in [-0.39, 0.29) is 52.5 Å². The van der Waals surface area contributed by atoms with Crippen LogP contribution >= 0.6 is 7.75 Å². The third-order valence-corrected chi connectivity index (χ3v) is 3.11. The number of ether oxygens (including phenoxy) is 4. The van der Waals surface area contributed by atoms with Crippen molar-refractivity contribution in [2.24, 2.45) is 0 Å².